The van der Waals surface area contributed by atoms with Gasteiger partial charge in [-0.2, -0.15) is 0 Å². The van der Waals surface area contributed by atoms with Crippen LogP contribution in [-0.4, -0.2) is 10.7 Å². The Balaban J connectivity index is 3.57. The number of rotatable bonds is 4. The molecule has 0 bridgehead atoms. The van der Waals surface area contributed by atoms with Crippen LogP contribution in [0.1, 0.15) is 47.0 Å². The van der Waals surface area contributed by atoms with E-state index < -0.39 is 5.60 Å². The molecule has 0 aromatic rings. The summed E-state index contributed by atoms with van der Waals surface area (Å²) in [5.41, 5.74) is 0.902. The van der Waals surface area contributed by atoms with E-state index in [2.05, 4.69) is 19.9 Å². The van der Waals surface area contributed by atoms with E-state index in [1.807, 2.05) is 13.8 Å². The normalized spacial score (nSPS) is 13.7. The van der Waals surface area contributed by atoms with Crippen LogP contribution in [0.3, 0.4) is 0 Å². The van der Waals surface area contributed by atoms with Gasteiger partial charge in [-0.1, -0.05) is 18.6 Å². The summed E-state index contributed by atoms with van der Waals surface area (Å²) in [6, 6.07) is 0. The van der Waals surface area contributed by atoms with E-state index in [0.717, 1.165) is 19.3 Å². The van der Waals surface area contributed by atoms with Crippen molar-refractivity contribution in [3.8, 4) is 0 Å². The fourth-order valence-electron chi connectivity index (χ4n) is 0.816. The van der Waals surface area contributed by atoms with E-state index in [1.165, 1.54) is 5.57 Å². The average Bonchev–Trinajstić information content (AvgIpc) is 1.85. The Bertz CT molecular complexity index is 128. The maximum absolute atomic E-state index is 9.37. The highest BCUT2D eigenvalue weighted by Gasteiger charge is 2.09. The smallest absolute Gasteiger partial charge is 0.0594 e. The fraction of sp³-hybridized carbons (Fsp3) is 0.800. The molecule has 66 valence electrons. The van der Waals surface area contributed by atoms with Crippen molar-refractivity contribution in [2.75, 3.05) is 0 Å². The Kier molecular flexibility index (Phi) is 4.43. The van der Waals surface area contributed by atoms with E-state index in [9.17, 15) is 5.11 Å². The van der Waals surface area contributed by atoms with Crippen LogP contribution in [0.4, 0.5) is 0 Å². The second-order valence-corrected chi connectivity index (χ2v) is 3.76. The van der Waals surface area contributed by atoms with Crippen LogP contribution in [0.5, 0.6) is 0 Å². The Morgan fingerprint density at radius 3 is 2.36 bits per heavy atom. The second-order valence-electron chi connectivity index (χ2n) is 3.76. The summed E-state index contributed by atoms with van der Waals surface area (Å²) in [5, 5.41) is 9.37. The summed E-state index contributed by atoms with van der Waals surface area (Å²) >= 11 is 0. The summed E-state index contributed by atoms with van der Waals surface area (Å²) < 4.78 is 0. The predicted octanol–water partition coefficient (Wildman–Crippen LogP) is 2.89. The van der Waals surface area contributed by atoms with Crippen molar-refractivity contribution in [1.82, 2.24) is 0 Å². The average molecular weight is 156 g/mol. The van der Waals surface area contributed by atoms with Gasteiger partial charge in [0, 0.05) is 0 Å². The molecule has 0 saturated carbocycles. The van der Waals surface area contributed by atoms with Gasteiger partial charge in [0.05, 0.1) is 5.60 Å². The molecule has 0 spiro atoms. The molecule has 0 fully saturated rings. The van der Waals surface area contributed by atoms with Gasteiger partial charge in [0.2, 0.25) is 0 Å². The summed E-state index contributed by atoms with van der Waals surface area (Å²) in [5.74, 6) is 0. The molecule has 0 aromatic carbocycles. The highest BCUT2D eigenvalue weighted by Crippen LogP contribution is 2.12. The van der Waals surface area contributed by atoms with Gasteiger partial charge in [-0.25, -0.2) is 0 Å². The van der Waals surface area contributed by atoms with Crippen molar-refractivity contribution in [3.05, 3.63) is 11.6 Å². The third-order valence-electron chi connectivity index (χ3n) is 1.81. The minimum Gasteiger partial charge on any atom is -0.390 e. The molecule has 1 nitrogen and oxygen atoms in total. The van der Waals surface area contributed by atoms with Gasteiger partial charge >= 0.3 is 0 Å². The first-order chi connectivity index (χ1) is 4.95. The minimum atomic E-state index is -0.509. The molecule has 0 heterocycles. The van der Waals surface area contributed by atoms with E-state index in [1.54, 1.807) is 0 Å². The molecular weight excluding hydrogens is 136 g/mol. The molecule has 1 N–H and O–H groups in total. The molecule has 0 amide bonds. The van der Waals surface area contributed by atoms with Crippen LogP contribution in [0.25, 0.3) is 0 Å². The lowest BCUT2D eigenvalue weighted by Crippen LogP contribution is -2.17. The summed E-state index contributed by atoms with van der Waals surface area (Å²) in [6.07, 6.45) is 5.16. The van der Waals surface area contributed by atoms with Crippen LogP contribution in [0.15, 0.2) is 11.6 Å². The molecule has 0 aliphatic rings. The fourth-order valence-corrected chi connectivity index (χ4v) is 0.816. The Hall–Kier alpha value is -0.300. The van der Waals surface area contributed by atoms with Crippen molar-refractivity contribution in [2.24, 2.45) is 0 Å². The highest BCUT2D eigenvalue weighted by molar-refractivity contribution is 4.96. The van der Waals surface area contributed by atoms with Gasteiger partial charge in [0.1, 0.15) is 0 Å². The monoisotopic (exact) mass is 156 g/mol. The lowest BCUT2D eigenvalue weighted by molar-refractivity contribution is 0.0721. The molecule has 0 radical (unpaired) electrons. The van der Waals surface area contributed by atoms with Gasteiger partial charge in [-0.15, -0.1) is 0 Å². The van der Waals surface area contributed by atoms with E-state index in [-0.39, 0.29) is 0 Å². The summed E-state index contributed by atoms with van der Waals surface area (Å²) in [6.45, 7) is 7.98. The number of aliphatic hydroxyl groups is 1. The van der Waals surface area contributed by atoms with Gasteiger partial charge in [-0.05, 0) is 40.0 Å². The molecular formula is C10H20O. The highest BCUT2D eigenvalue weighted by atomic mass is 16.3. The molecule has 1 heteroatoms. The third kappa shape index (κ3) is 7.60. The first-order valence-electron chi connectivity index (χ1n) is 4.33. The zero-order valence-electron chi connectivity index (χ0n) is 8.15. The second kappa shape index (κ2) is 4.55. The SMILES string of the molecule is CC/C(C)=C/CCC(C)(C)O. The van der Waals surface area contributed by atoms with E-state index >= 15 is 0 Å². The molecule has 0 aliphatic heterocycles. The number of hydrogen-bond acceptors (Lipinski definition) is 1. The van der Waals surface area contributed by atoms with Gasteiger partial charge in [0.25, 0.3) is 0 Å². The van der Waals surface area contributed by atoms with Crippen LogP contribution >= 0.6 is 0 Å². The lowest BCUT2D eigenvalue weighted by Gasteiger charge is -2.15. The predicted molar refractivity (Wildman–Crippen MR) is 49.6 cm³/mol. The first-order valence-corrected chi connectivity index (χ1v) is 4.33. The van der Waals surface area contributed by atoms with Crippen molar-refractivity contribution >= 4 is 0 Å². The summed E-state index contributed by atoms with van der Waals surface area (Å²) in [7, 11) is 0. The zero-order valence-corrected chi connectivity index (χ0v) is 8.15. The van der Waals surface area contributed by atoms with Crippen LogP contribution < -0.4 is 0 Å². The maximum Gasteiger partial charge on any atom is 0.0594 e. The maximum atomic E-state index is 9.37. The summed E-state index contributed by atoms with van der Waals surface area (Å²) in [4.78, 5) is 0. The van der Waals surface area contributed by atoms with E-state index in [0.29, 0.717) is 0 Å². The largest absolute Gasteiger partial charge is 0.390 e. The standard InChI is InChI=1S/C10H20O/c1-5-9(2)7-6-8-10(3,4)11/h7,11H,5-6,8H2,1-4H3/b9-7+. The number of hydrogen-bond donors (Lipinski definition) is 1. The van der Waals surface area contributed by atoms with Gasteiger partial charge in [0.15, 0.2) is 0 Å². The van der Waals surface area contributed by atoms with Crippen LogP contribution in [0, 0.1) is 0 Å². The van der Waals surface area contributed by atoms with Crippen LogP contribution in [-0.2, 0) is 0 Å². The van der Waals surface area contributed by atoms with Gasteiger partial charge < -0.3 is 5.11 Å². The Morgan fingerprint density at radius 2 is 2.00 bits per heavy atom. The van der Waals surface area contributed by atoms with Crippen molar-refractivity contribution in [2.45, 2.75) is 52.6 Å². The number of allylic oxidation sites excluding steroid dienone is 2. The first kappa shape index (κ1) is 10.7. The topological polar surface area (TPSA) is 20.2 Å². The molecule has 0 unspecified atom stereocenters. The van der Waals surface area contributed by atoms with Crippen molar-refractivity contribution in [3.63, 3.8) is 0 Å². The Labute approximate surface area is 70.1 Å². The molecule has 0 saturated heterocycles. The molecule has 0 aliphatic carbocycles. The van der Waals surface area contributed by atoms with Gasteiger partial charge in [-0.3, -0.25) is 0 Å². The van der Waals surface area contributed by atoms with Crippen LogP contribution in [0.2, 0.25) is 0 Å². The molecule has 11 heavy (non-hydrogen) atoms. The van der Waals surface area contributed by atoms with E-state index in [4.69, 9.17) is 0 Å². The zero-order chi connectivity index (χ0) is 8.91. The Morgan fingerprint density at radius 1 is 1.45 bits per heavy atom. The lowest BCUT2D eigenvalue weighted by atomic mass is 10.0. The minimum absolute atomic E-state index is 0.509. The third-order valence-corrected chi connectivity index (χ3v) is 1.81. The van der Waals surface area contributed by atoms with Crippen molar-refractivity contribution < 1.29 is 5.11 Å². The van der Waals surface area contributed by atoms with Crippen molar-refractivity contribution in [1.29, 1.82) is 0 Å². The molecule has 0 rings (SSSR count). The molecule has 0 atom stereocenters. The quantitative estimate of drug-likeness (QED) is 0.620. The molecule has 0 aromatic heterocycles.